The summed E-state index contributed by atoms with van der Waals surface area (Å²) >= 11 is 0. The van der Waals surface area contributed by atoms with E-state index in [9.17, 15) is 4.39 Å². The van der Waals surface area contributed by atoms with Gasteiger partial charge in [0, 0.05) is 19.6 Å². The molecule has 2 rings (SSSR count). The van der Waals surface area contributed by atoms with Crippen molar-refractivity contribution in [2.45, 2.75) is 32.7 Å². The molecule has 106 valence electrons. The number of rotatable bonds is 6. The Bertz CT molecular complexity index is 427. The molecule has 0 heterocycles. The van der Waals surface area contributed by atoms with Crippen molar-refractivity contribution in [3.05, 3.63) is 35.1 Å². The average Bonchev–Trinajstić information content (AvgIpc) is 2.31. The third-order valence-electron chi connectivity index (χ3n) is 4.25. The van der Waals surface area contributed by atoms with Gasteiger partial charge in [0.15, 0.2) is 0 Å². The number of aryl methyl sites for hydroxylation is 1. The average molecular weight is 264 g/mol. The maximum Gasteiger partial charge on any atom is 0.126 e. The molecule has 2 nitrogen and oxygen atoms in total. The molecule has 0 saturated heterocycles. The Kier molecular flexibility index (Phi) is 4.58. The molecule has 0 amide bonds. The Hall–Kier alpha value is -0.930. The van der Waals surface area contributed by atoms with Crippen LogP contribution in [0.15, 0.2) is 18.2 Å². The third kappa shape index (κ3) is 3.54. The van der Waals surface area contributed by atoms with Gasteiger partial charge in [-0.3, -0.25) is 0 Å². The molecule has 1 aromatic carbocycles. The molecule has 3 heteroatoms. The second-order valence-corrected chi connectivity index (χ2v) is 6.14. The van der Waals surface area contributed by atoms with Gasteiger partial charge < -0.3 is 10.2 Å². The van der Waals surface area contributed by atoms with Gasteiger partial charge in [-0.2, -0.15) is 0 Å². The molecule has 0 radical (unpaired) electrons. The largest absolute Gasteiger partial charge is 0.319 e. The van der Waals surface area contributed by atoms with Crippen LogP contribution in [0.25, 0.3) is 0 Å². The maximum atomic E-state index is 13.2. The van der Waals surface area contributed by atoms with Gasteiger partial charge in [-0.15, -0.1) is 0 Å². The fourth-order valence-corrected chi connectivity index (χ4v) is 3.19. The van der Waals surface area contributed by atoms with Crippen molar-refractivity contribution in [1.82, 2.24) is 10.2 Å². The molecule has 19 heavy (non-hydrogen) atoms. The number of hydrogen-bond acceptors (Lipinski definition) is 2. The fraction of sp³-hybridized carbons (Fsp3) is 0.625. The summed E-state index contributed by atoms with van der Waals surface area (Å²) in [5.41, 5.74) is 2.39. The SMILES string of the molecule is CNCC1(CN(C)Cc2ccc(F)c(C)c2)CCC1. The highest BCUT2D eigenvalue weighted by Gasteiger charge is 2.36. The van der Waals surface area contributed by atoms with E-state index in [-0.39, 0.29) is 5.82 Å². The van der Waals surface area contributed by atoms with Gasteiger partial charge in [0.1, 0.15) is 5.82 Å². The van der Waals surface area contributed by atoms with Crippen LogP contribution in [0.2, 0.25) is 0 Å². The van der Waals surface area contributed by atoms with Crippen LogP contribution in [-0.2, 0) is 6.54 Å². The van der Waals surface area contributed by atoms with Crippen LogP contribution in [0.4, 0.5) is 4.39 Å². The van der Waals surface area contributed by atoms with Crippen molar-refractivity contribution in [2.24, 2.45) is 5.41 Å². The van der Waals surface area contributed by atoms with Crippen molar-refractivity contribution in [3.63, 3.8) is 0 Å². The molecule has 1 saturated carbocycles. The summed E-state index contributed by atoms with van der Waals surface area (Å²) in [6, 6.07) is 5.42. The van der Waals surface area contributed by atoms with E-state index < -0.39 is 0 Å². The number of halogens is 1. The quantitative estimate of drug-likeness (QED) is 0.850. The van der Waals surface area contributed by atoms with Crippen molar-refractivity contribution in [3.8, 4) is 0 Å². The van der Waals surface area contributed by atoms with E-state index >= 15 is 0 Å². The molecule has 1 N–H and O–H groups in total. The Balaban J connectivity index is 1.93. The third-order valence-corrected chi connectivity index (χ3v) is 4.25. The Labute approximate surface area is 116 Å². The zero-order valence-electron chi connectivity index (χ0n) is 12.3. The van der Waals surface area contributed by atoms with Crippen LogP contribution in [-0.4, -0.2) is 32.1 Å². The second kappa shape index (κ2) is 6.02. The standard InChI is InChI=1S/C16H25FN2/c1-13-9-14(5-6-15(13)17)10-19(3)12-16(11-18-2)7-4-8-16/h5-6,9,18H,4,7-8,10-12H2,1-3H3. The predicted octanol–water partition coefficient (Wildman–Crippen LogP) is 2.96. The van der Waals surface area contributed by atoms with E-state index in [4.69, 9.17) is 0 Å². The maximum absolute atomic E-state index is 13.2. The van der Waals surface area contributed by atoms with E-state index in [2.05, 4.69) is 17.3 Å². The Morgan fingerprint density at radius 1 is 1.37 bits per heavy atom. The van der Waals surface area contributed by atoms with Crippen molar-refractivity contribution >= 4 is 0 Å². The summed E-state index contributed by atoms with van der Waals surface area (Å²) in [6.07, 6.45) is 3.99. The molecule has 1 fully saturated rings. The summed E-state index contributed by atoms with van der Waals surface area (Å²) < 4.78 is 13.2. The van der Waals surface area contributed by atoms with Crippen LogP contribution in [0, 0.1) is 18.2 Å². The molecule has 1 aromatic rings. The topological polar surface area (TPSA) is 15.3 Å². The number of nitrogens with one attached hydrogen (secondary N) is 1. The van der Waals surface area contributed by atoms with E-state index in [1.54, 1.807) is 6.07 Å². The van der Waals surface area contributed by atoms with Crippen LogP contribution in [0.5, 0.6) is 0 Å². The molecule has 0 unspecified atom stereocenters. The summed E-state index contributed by atoms with van der Waals surface area (Å²) in [6.45, 7) is 4.93. The molecular formula is C16H25FN2. The molecule has 1 aliphatic carbocycles. The summed E-state index contributed by atoms with van der Waals surface area (Å²) in [5, 5.41) is 3.32. The molecule has 0 aromatic heterocycles. The molecule has 0 bridgehead atoms. The van der Waals surface area contributed by atoms with Gasteiger partial charge >= 0.3 is 0 Å². The van der Waals surface area contributed by atoms with E-state index in [1.807, 2.05) is 26.1 Å². The van der Waals surface area contributed by atoms with E-state index in [0.29, 0.717) is 5.41 Å². The first kappa shape index (κ1) is 14.5. The first-order chi connectivity index (χ1) is 9.04. The summed E-state index contributed by atoms with van der Waals surface area (Å²) in [4.78, 5) is 2.36. The van der Waals surface area contributed by atoms with Crippen LogP contribution in [0.3, 0.4) is 0 Å². The van der Waals surface area contributed by atoms with Crippen LogP contribution in [0.1, 0.15) is 30.4 Å². The predicted molar refractivity (Wildman–Crippen MR) is 77.7 cm³/mol. The van der Waals surface area contributed by atoms with Crippen molar-refractivity contribution in [1.29, 1.82) is 0 Å². The number of benzene rings is 1. The smallest absolute Gasteiger partial charge is 0.126 e. The highest BCUT2D eigenvalue weighted by atomic mass is 19.1. The molecule has 0 aliphatic heterocycles. The first-order valence-electron chi connectivity index (χ1n) is 7.13. The zero-order chi connectivity index (χ0) is 13.9. The molecule has 0 spiro atoms. The fourth-order valence-electron chi connectivity index (χ4n) is 3.19. The normalized spacial score (nSPS) is 17.5. The van der Waals surface area contributed by atoms with E-state index in [0.717, 1.165) is 25.2 Å². The monoisotopic (exact) mass is 264 g/mol. The lowest BCUT2D eigenvalue weighted by molar-refractivity contribution is 0.0768. The van der Waals surface area contributed by atoms with Gasteiger partial charge in [0.2, 0.25) is 0 Å². The molecular weight excluding hydrogens is 239 g/mol. The van der Waals surface area contributed by atoms with Crippen molar-refractivity contribution in [2.75, 3.05) is 27.2 Å². The highest BCUT2D eigenvalue weighted by molar-refractivity contribution is 5.23. The summed E-state index contributed by atoms with van der Waals surface area (Å²) in [7, 11) is 4.19. The highest BCUT2D eigenvalue weighted by Crippen LogP contribution is 2.40. The number of nitrogens with zero attached hydrogens (tertiary/aromatic N) is 1. The van der Waals surface area contributed by atoms with Gasteiger partial charge in [-0.25, -0.2) is 4.39 Å². The lowest BCUT2D eigenvalue weighted by atomic mass is 9.68. The summed E-state index contributed by atoms with van der Waals surface area (Å²) in [5.74, 6) is -0.114. The van der Waals surface area contributed by atoms with Gasteiger partial charge in [-0.05, 0) is 56.5 Å². The van der Waals surface area contributed by atoms with Gasteiger partial charge in [-0.1, -0.05) is 18.6 Å². The number of hydrogen-bond donors (Lipinski definition) is 1. The van der Waals surface area contributed by atoms with E-state index in [1.165, 1.54) is 24.8 Å². The second-order valence-electron chi connectivity index (χ2n) is 6.14. The minimum Gasteiger partial charge on any atom is -0.319 e. The minimum absolute atomic E-state index is 0.114. The Morgan fingerprint density at radius 3 is 2.63 bits per heavy atom. The van der Waals surface area contributed by atoms with Crippen LogP contribution < -0.4 is 5.32 Å². The first-order valence-corrected chi connectivity index (χ1v) is 7.13. The molecule has 1 aliphatic rings. The Morgan fingerprint density at radius 2 is 2.11 bits per heavy atom. The zero-order valence-corrected chi connectivity index (χ0v) is 12.3. The lowest BCUT2D eigenvalue weighted by Crippen LogP contribution is -2.46. The minimum atomic E-state index is -0.114. The van der Waals surface area contributed by atoms with Gasteiger partial charge in [0.05, 0.1) is 0 Å². The van der Waals surface area contributed by atoms with Crippen LogP contribution >= 0.6 is 0 Å². The molecule has 0 atom stereocenters. The van der Waals surface area contributed by atoms with Gasteiger partial charge in [0.25, 0.3) is 0 Å². The lowest BCUT2D eigenvalue weighted by Gasteiger charge is -2.44. The van der Waals surface area contributed by atoms with Crippen molar-refractivity contribution < 1.29 is 4.39 Å².